The summed E-state index contributed by atoms with van der Waals surface area (Å²) < 4.78 is 15.1. The van der Waals surface area contributed by atoms with Crippen LogP contribution in [0.15, 0.2) is 24.3 Å². The molecule has 2 bridgehead atoms. The van der Waals surface area contributed by atoms with Crippen molar-refractivity contribution >= 4 is 17.4 Å². The number of aromatic nitrogens is 2. The van der Waals surface area contributed by atoms with Gasteiger partial charge in [0.1, 0.15) is 23.0 Å². The lowest BCUT2D eigenvalue weighted by Crippen LogP contribution is -2.47. The first-order chi connectivity index (χ1) is 12.2. The lowest BCUT2D eigenvalue weighted by atomic mass is 9.99. The number of aryl methyl sites for hydroxylation is 1. The summed E-state index contributed by atoms with van der Waals surface area (Å²) in [7, 11) is 1.64. The van der Waals surface area contributed by atoms with Crippen molar-refractivity contribution in [1.82, 2.24) is 14.5 Å². The van der Waals surface area contributed by atoms with Crippen molar-refractivity contribution in [3.05, 3.63) is 34.8 Å². The number of rotatable bonds is 5. The minimum absolute atomic E-state index is 0.0584. The maximum absolute atomic E-state index is 13.0. The number of hydrogen-bond acceptors (Lipinski definition) is 6. The molecule has 132 valence electrons. The van der Waals surface area contributed by atoms with Crippen molar-refractivity contribution in [2.75, 3.05) is 13.7 Å². The number of likely N-dealkylation sites (tertiary alicyclic amines) is 1. The molecule has 0 spiro atoms. The quantitative estimate of drug-likeness (QED) is 0.821. The average molecular weight is 359 g/mol. The van der Waals surface area contributed by atoms with Gasteiger partial charge in [-0.25, -0.2) is 0 Å². The highest BCUT2D eigenvalue weighted by molar-refractivity contribution is 7.07. The van der Waals surface area contributed by atoms with E-state index in [0.29, 0.717) is 29.1 Å². The van der Waals surface area contributed by atoms with Gasteiger partial charge in [0.05, 0.1) is 18.8 Å². The molecule has 2 fully saturated rings. The maximum Gasteiger partial charge on any atom is 0.268 e. The minimum Gasteiger partial charge on any atom is -0.497 e. The highest BCUT2D eigenvalue weighted by Gasteiger charge is 2.49. The minimum atomic E-state index is 0.0584. The Hall–Kier alpha value is -2.15. The molecule has 1 aromatic carbocycles. The normalized spacial score (nSPS) is 24.6. The molecule has 2 aromatic rings. The Morgan fingerprint density at radius 3 is 2.72 bits per heavy atom. The number of methoxy groups -OCH3 is 1. The van der Waals surface area contributed by atoms with E-state index in [2.05, 4.69) is 9.59 Å². The number of carbonyl (C=O) groups is 1. The molecule has 1 saturated heterocycles. The standard InChI is InChI=1S/C18H21N3O3S/c1-11-17(25-20-19-11)18(22)21-13-4-3-12(9-13)16(21)10-24-15-7-5-14(23-2)6-8-15/h5-8,12-13,16H,3-4,9-10H2,1-2H3/t12-,13-,16-/m1/s1. The topological polar surface area (TPSA) is 64.6 Å². The van der Waals surface area contributed by atoms with Gasteiger partial charge >= 0.3 is 0 Å². The first-order valence-electron chi connectivity index (χ1n) is 8.56. The van der Waals surface area contributed by atoms with Gasteiger partial charge in [-0.05, 0) is 67.9 Å². The number of nitrogens with zero attached hydrogens (tertiary/aromatic N) is 3. The lowest BCUT2D eigenvalue weighted by molar-refractivity contribution is 0.0509. The summed E-state index contributed by atoms with van der Waals surface area (Å²) in [6.45, 7) is 2.36. The molecule has 1 saturated carbocycles. The van der Waals surface area contributed by atoms with Crippen LogP contribution in [-0.4, -0.2) is 46.2 Å². The Kier molecular flexibility index (Phi) is 4.33. The number of hydrogen-bond donors (Lipinski definition) is 0. The molecule has 0 N–H and O–H groups in total. The van der Waals surface area contributed by atoms with Crippen LogP contribution in [0.4, 0.5) is 0 Å². The van der Waals surface area contributed by atoms with E-state index in [1.165, 1.54) is 18.0 Å². The number of fused-ring (bicyclic) bond motifs is 2. The van der Waals surface area contributed by atoms with Gasteiger partial charge in [-0.15, -0.1) is 5.10 Å². The fraction of sp³-hybridized carbons (Fsp3) is 0.500. The fourth-order valence-electron chi connectivity index (χ4n) is 4.02. The predicted octanol–water partition coefficient (Wildman–Crippen LogP) is 2.93. The zero-order chi connectivity index (χ0) is 17.4. The van der Waals surface area contributed by atoms with E-state index < -0.39 is 0 Å². The molecule has 7 heteroatoms. The lowest BCUT2D eigenvalue weighted by Gasteiger charge is -2.35. The van der Waals surface area contributed by atoms with Crippen molar-refractivity contribution < 1.29 is 14.3 Å². The van der Waals surface area contributed by atoms with Crippen LogP contribution in [0.5, 0.6) is 11.5 Å². The second kappa shape index (κ2) is 6.63. The van der Waals surface area contributed by atoms with Crippen molar-refractivity contribution in [3.63, 3.8) is 0 Å². The van der Waals surface area contributed by atoms with Crippen LogP contribution in [0, 0.1) is 12.8 Å². The molecule has 3 atom stereocenters. The van der Waals surface area contributed by atoms with E-state index in [4.69, 9.17) is 9.47 Å². The van der Waals surface area contributed by atoms with E-state index in [1.807, 2.05) is 36.1 Å². The summed E-state index contributed by atoms with van der Waals surface area (Å²) in [6, 6.07) is 8.00. The van der Waals surface area contributed by atoms with Crippen molar-refractivity contribution in [1.29, 1.82) is 0 Å². The number of carbonyl (C=O) groups excluding carboxylic acids is 1. The van der Waals surface area contributed by atoms with E-state index >= 15 is 0 Å². The van der Waals surface area contributed by atoms with Crippen LogP contribution < -0.4 is 9.47 Å². The van der Waals surface area contributed by atoms with Gasteiger partial charge in [0, 0.05) is 6.04 Å². The zero-order valence-corrected chi connectivity index (χ0v) is 15.2. The summed E-state index contributed by atoms with van der Waals surface area (Å²) in [4.78, 5) is 15.7. The van der Waals surface area contributed by atoms with Crippen molar-refractivity contribution in [3.8, 4) is 11.5 Å². The third-order valence-electron chi connectivity index (χ3n) is 5.30. The third kappa shape index (κ3) is 2.97. The number of piperidine rings is 1. The molecule has 1 aromatic heterocycles. The van der Waals surface area contributed by atoms with E-state index in [1.54, 1.807) is 7.11 Å². The molecule has 1 aliphatic carbocycles. The zero-order valence-electron chi connectivity index (χ0n) is 14.3. The molecule has 0 unspecified atom stereocenters. The van der Waals surface area contributed by atoms with Crippen molar-refractivity contribution in [2.24, 2.45) is 5.92 Å². The molecular formula is C18H21N3O3S. The van der Waals surface area contributed by atoms with Gasteiger partial charge in [-0.1, -0.05) is 4.49 Å². The molecule has 1 amide bonds. The largest absolute Gasteiger partial charge is 0.497 e. The number of amides is 1. The van der Waals surface area contributed by atoms with Gasteiger partial charge < -0.3 is 14.4 Å². The monoisotopic (exact) mass is 359 g/mol. The van der Waals surface area contributed by atoms with Crippen LogP contribution in [-0.2, 0) is 0 Å². The average Bonchev–Trinajstić information content (AvgIpc) is 3.35. The first kappa shape index (κ1) is 16.3. The maximum atomic E-state index is 13.0. The van der Waals surface area contributed by atoms with Crippen molar-refractivity contribution in [2.45, 2.75) is 38.3 Å². The van der Waals surface area contributed by atoms with Crippen LogP contribution in [0.25, 0.3) is 0 Å². The summed E-state index contributed by atoms with van der Waals surface area (Å²) in [5, 5.41) is 3.98. The molecule has 4 rings (SSSR count). The molecule has 6 nitrogen and oxygen atoms in total. The molecule has 2 heterocycles. The van der Waals surface area contributed by atoms with E-state index in [-0.39, 0.29) is 11.9 Å². The number of ether oxygens (including phenoxy) is 2. The summed E-state index contributed by atoms with van der Waals surface area (Å²) in [6.07, 6.45) is 3.33. The number of benzene rings is 1. The van der Waals surface area contributed by atoms with E-state index in [9.17, 15) is 4.79 Å². The van der Waals surface area contributed by atoms with Crippen LogP contribution in [0.2, 0.25) is 0 Å². The van der Waals surface area contributed by atoms with Gasteiger partial charge in [-0.2, -0.15) is 0 Å². The Morgan fingerprint density at radius 1 is 1.28 bits per heavy atom. The smallest absolute Gasteiger partial charge is 0.268 e. The highest BCUT2D eigenvalue weighted by Crippen LogP contribution is 2.43. The fourth-order valence-corrected chi connectivity index (χ4v) is 4.62. The Labute approximate surface area is 150 Å². The van der Waals surface area contributed by atoms with Crippen LogP contribution in [0.3, 0.4) is 0 Å². The summed E-state index contributed by atoms with van der Waals surface area (Å²) >= 11 is 1.19. The van der Waals surface area contributed by atoms with Gasteiger partial charge in [0.2, 0.25) is 0 Å². The summed E-state index contributed by atoms with van der Waals surface area (Å²) in [5.41, 5.74) is 0.715. The van der Waals surface area contributed by atoms with Crippen LogP contribution in [0.1, 0.15) is 34.6 Å². The molecule has 0 radical (unpaired) electrons. The molecule has 2 aliphatic rings. The second-order valence-electron chi connectivity index (χ2n) is 6.68. The second-order valence-corrected chi connectivity index (χ2v) is 7.43. The molecule has 25 heavy (non-hydrogen) atoms. The van der Waals surface area contributed by atoms with Crippen LogP contribution >= 0.6 is 11.5 Å². The molecule has 1 aliphatic heterocycles. The highest BCUT2D eigenvalue weighted by atomic mass is 32.1. The Balaban J connectivity index is 1.49. The first-order valence-corrected chi connectivity index (χ1v) is 9.33. The van der Waals surface area contributed by atoms with E-state index in [0.717, 1.165) is 24.3 Å². The third-order valence-corrected chi connectivity index (χ3v) is 6.12. The predicted molar refractivity (Wildman–Crippen MR) is 94.2 cm³/mol. The van der Waals surface area contributed by atoms with Gasteiger partial charge in [0.15, 0.2) is 0 Å². The Morgan fingerprint density at radius 2 is 2.04 bits per heavy atom. The van der Waals surface area contributed by atoms with Gasteiger partial charge in [0.25, 0.3) is 5.91 Å². The van der Waals surface area contributed by atoms with Gasteiger partial charge in [-0.3, -0.25) is 4.79 Å². The Bertz CT molecular complexity index is 761. The SMILES string of the molecule is COc1ccc(OC[C@@H]2[C@@H]3CC[C@H](C3)N2C(=O)c2snnc2C)cc1. The summed E-state index contributed by atoms with van der Waals surface area (Å²) in [5.74, 6) is 2.18. The molecular weight excluding hydrogens is 338 g/mol.